The van der Waals surface area contributed by atoms with Crippen molar-refractivity contribution >= 4 is 17.3 Å². The maximum Gasteiger partial charge on any atom is 0.303 e. The second kappa shape index (κ2) is 11.9. The van der Waals surface area contributed by atoms with Crippen molar-refractivity contribution in [3.63, 3.8) is 0 Å². The van der Waals surface area contributed by atoms with Gasteiger partial charge in [0.05, 0.1) is 37.7 Å². The van der Waals surface area contributed by atoms with E-state index in [9.17, 15) is 4.79 Å². The molecule has 2 aliphatic rings. The number of rotatable bonds is 12. The number of benzene rings is 2. The van der Waals surface area contributed by atoms with E-state index in [0.717, 1.165) is 84.4 Å². The molecule has 0 amide bonds. The van der Waals surface area contributed by atoms with Gasteiger partial charge in [-0.05, 0) is 79.5 Å². The molecular formula is C29H33NO6S. The van der Waals surface area contributed by atoms with E-state index >= 15 is 0 Å². The van der Waals surface area contributed by atoms with Crippen molar-refractivity contribution in [2.24, 2.45) is 0 Å². The van der Waals surface area contributed by atoms with Crippen molar-refractivity contribution in [1.29, 1.82) is 0 Å². The van der Waals surface area contributed by atoms with Crippen molar-refractivity contribution in [1.82, 2.24) is 4.98 Å². The van der Waals surface area contributed by atoms with Gasteiger partial charge in [-0.2, -0.15) is 0 Å². The van der Waals surface area contributed by atoms with Crippen molar-refractivity contribution < 1.29 is 28.8 Å². The predicted octanol–water partition coefficient (Wildman–Crippen LogP) is 6.28. The lowest BCUT2D eigenvalue weighted by atomic mass is 9.98. The quantitative estimate of drug-likeness (QED) is 0.280. The Labute approximate surface area is 221 Å². The molecule has 37 heavy (non-hydrogen) atoms. The molecule has 1 N–H and O–H groups in total. The molecule has 1 unspecified atom stereocenters. The fraction of sp³-hybridized carbons (Fsp3) is 0.448. The van der Waals surface area contributed by atoms with Crippen molar-refractivity contribution in [2.75, 3.05) is 26.4 Å². The molecule has 5 rings (SSSR count). The van der Waals surface area contributed by atoms with E-state index in [1.807, 2.05) is 30.3 Å². The second-order valence-electron chi connectivity index (χ2n) is 9.45. The van der Waals surface area contributed by atoms with E-state index in [0.29, 0.717) is 19.8 Å². The zero-order valence-corrected chi connectivity index (χ0v) is 22.0. The first-order valence-electron chi connectivity index (χ1n) is 13.1. The van der Waals surface area contributed by atoms with Gasteiger partial charge in [-0.1, -0.05) is 13.0 Å². The van der Waals surface area contributed by atoms with Gasteiger partial charge in [0, 0.05) is 12.0 Å². The first kappa shape index (κ1) is 25.4. The summed E-state index contributed by atoms with van der Waals surface area (Å²) in [5.41, 5.74) is 3.35. The number of fused-ring (bicyclic) bond motifs is 2. The van der Waals surface area contributed by atoms with Crippen LogP contribution in [-0.4, -0.2) is 42.5 Å². The lowest BCUT2D eigenvalue weighted by Crippen LogP contribution is -2.07. The highest BCUT2D eigenvalue weighted by Crippen LogP contribution is 2.39. The van der Waals surface area contributed by atoms with Crippen LogP contribution in [0.3, 0.4) is 0 Å². The Kier molecular flexibility index (Phi) is 8.14. The predicted molar refractivity (Wildman–Crippen MR) is 143 cm³/mol. The fourth-order valence-corrected chi connectivity index (χ4v) is 5.89. The molecule has 3 aromatic rings. The minimum atomic E-state index is -0.743. The Morgan fingerprint density at radius 3 is 2.78 bits per heavy atom. The van der Waals surface area contributed by atoms with Gasteiger partial charge in [0.25, 0.3) is 0 Å². The van der Waals surface area contributed by atoms with Gasteiger partial charge in [0.1, 0.15) is 10.8 Å². The zero-order chi connectivity index (χ0) is 25.6. The molecule has 0 spiro atoms. The Morgan fingerprint density at radius 1 is 1.08 bits per heavy atom. The van der Waals surface area contributed by atoms with E-state index in [1.165, 1.54) is 10.4 Å². The summed E-state index contributed by atoms with van der Waals surface area (Å²) in [6.45, 7) is 4.47. The molecule has 1 atom stereocenters. The van der Waals surface area contributed by atoms with Crippen molar-refractivity contribution in [3.05, 3.63) is 52.4 Å². The Morgan fingerprint density at radius 2 is 1.95 bits per heavy atom. The number of nitrogens with zero attached hydrogens (tertiary/aromatic N) is 1. The third-order valence-electron chi connectivity index (χ3n) is 6.65. The zero-order valence-electron chi connectivity index (χ0n) is 21.2. The summed E-state index contributed by atoms with van der Waals surface area (Å²) in [5.74, 6) is 2.40. The van der Waals surface area contributed by atoms with Gasteiger partial charge in [-0.15, -0.1) is 11.3 Å². The van der Waals surface area contributed by atoms with Crippen LogP contribution in [0, 0.1) is 0 Å². The van der Waals surface area contributed by atoms with Crippen LogP contribution in [0.2, 0.25) is 0 Å². The van der Waals surface area contributed by atoms with Crippen LogP contribution in [0.15, 0.2) is 36.4 Å². The number of carboxylic acids is 1. The second-order valence-corrected chi connectivity index (χ2v) is 10.5. The minimum absolute atomic E-state index is 0.111. The number of carbonyl (C=O) groups is 1. The lowest BCUT2D eigenvalue weighted by Gasteiger charge is -2.14. The number of aromatic nitrogens is 1. The topological polar surface area (TPSA) is 87.1 Å². The average molecular weight is 524 g/mol. The van der Waals surface area contributed by atoms with E-state index in [1.54, 1.807) is 11.3 Å². The minimum Gasteiger partial charge on any atom is -0.493 e. The number of ether oxygens (including phenoxy) is 4. The third-order valence-corrected chi connectivity index (χ3v) is 7.80. The first-order chi connectivity index (χ1) is 18.1. The molecule has 0 saturated carbocycles. The van der Waals surface area contributed by atoms with Crippen LogP contribution < -0.4 is 18.9 Å². The van der Waals surface area contributed by atoms with Gasteiger partial charge < -0.3 is 24.1 Å². The van der Waals surface area contributed by atoms with E-state index in [-0.39, 0.29) is 12.3 Å². The molecule has 196 valence electrons. The molecule has 0 bridgehead atoms. The number of thiazole rings is 1. The van der Waals surface area contributed by atoms with Gasteiger partial charge in [-0.25, -0.2) is 4.98 Å². The molecular weight excluding hydrogens is 490 g/mol. The van der Waals surface area contributed by atoms with Gasteiger partial charge >= 0.3 is 5.97 Å². The summed E-state index contributed by atoms with van der Waals surface area (Å²) in [7, 11) is 0. The highest BCUT2D eigenvalue weighted by atomic mass is 32.1. The van der Waals surface area contributed by atoms with Gasteiger partial charge in [0.2, 0.25) is 5.88 Å². The van der Waals surface area contributed by atoms with Crippen LogP contribution in [0.1, 0.15) is 60.9 Å². The summed E-state index contributed by atoms with van der Waals surface area (Å²) in [6.07, 6.45) is 5.68. The highest BCUT2D eigenvalue weighted by molar-refractivity contribution is 7.15. The summed E-state index contributed by atoms with van der Waals surface area (Å²) < 4.78 is 23.7. The number of hydrogen-bond acceptors (Lipinski definition) is 7. The maximum atomic E-state index is 11.1. The van der Waals surface area contributed by atoms with Crippen LogP contribution >= 0.6 is 11.3 Å². The first-order valence-corrected chi connectivity index (χ1v) is 13.9. The number of aliphatic carboxylic acids is 1. The van der Waals surface area contributed by atoms with E-state index < -0.39 is 5.97 Å². The summed E-state index contributed by atoms with van der Waals surface area (Å²) >= 11 is 1.68. The van der Waals surface area contributed by atoms with E-state index in [2.05, 4.69) is 18.0 Å². The van der Waals surface area contributed by atoms with Gasteiger partial charge in [-0.3, -0.25) is 4.79 Å². The molecule has 0 radical (unpaired) electrons. The van der Waals surface area contributed by atoms with Crippen molar-refractivity contribution in [3.8, 4) is 33.7 Å². The summed E-state index contributed by atoms with van der Waals surface area (Å²) in [5, 5.41) is 10.1. The molecule has 2 heterocycles. The Bertz CT molecular complexity index is 1220. The number of hydrogen-bond donors (Lipinski definition) is 1. The summed E-state index contributed by atoms with van der Waals surface area (Å²) in [6, 6.07) is 12.0. The molecule has 1 aliphatic heterocycles. The fourth-order valence-electron chi connectivity index (χ4n) is 4.84. The van der Waals surface area contributed by atoms with Crippen LogP contribution in [0.4, 0.5) is 0 Å². The number of aryl methyl sites for hydroxylation is 2. The van der Waals surface area contributed by atoms with Gasteiger partial charge in [0.15, 0.2) is 11.5 Å². The van der Waals surface area contributed by atoms with Crippen molar-refractivity contribution in [2.45, 2.75) is 57.8 Å². The van der Waals surface area contributed by atoms with Crippen LogP contribution in [0.25, 0.3) is 10.6 Å². The number of carboxylic acid groups (broad SMARTS) is 1. The monoisotopic (exact) mass is 523 g/mol. The van der Waals surface area contributed by atoms with Crippen LogP contribution in [0.5, 0.6) is 23.1 Å². The largest absolute Gasteiger partial charge is 0.493 e. The average Bonchev–Trinajstić information content (AvgIpc) is 3.51. The molecule has 0 fully saturated rings. The molecule has 7 nitrogen and oxygen atoms in total. The lowest BCUT2D eigenvalue weighted by molar-refractivity contribution is -0.137. The molecule has 0 saturated heterocycles. The summed E-state index contributed by atoms with van der Waals surface area (Å²) in [4.78, 5) is 17.0. The molecule has 8 heteroatoms. The maximum absolute atomic E-state index is 11.1. The normalized spacial score (nSPS) is 16.0. The third kappa shape index (κ3) is 6.18. The SMILES string of the molecule is CCCOc1cc(-c2nc3c(s2)CCCO3)ccc1OCCCOc1ccc2c(c1)CCC2CC(=O)O. The van der Waals surface area contributed by atoms with Crippen LogP contribution in [-0.2, 0) is 17.6 Å². The smallest absolute Gasteiger partial charge is 0.303 e. The Balaban J connectivity index is 1.15. The van der Waals surface area contributed by atoms with E-state index in [4.69, 9.17) is 24.1 Å². The molecule has 2 aromatic carbocycles. The molecule has 1 aromatic heterocycles. The Hall–Kier alpha value is -3.26. The highest BCUT2D eigenvalue weighted by Gasteiger charge is 2.25. The standard InChI is InChI=1S/C29H33NO6S/c1-2-12-34-25-17-21(29-30-28-26(37-29)5-3-13-36-28)8-11-24(25)35-15-4-14-33-22-9-10-23-19(16-22)6-7-20(23)18-27(31)32/h8-11,16-17,20H,2-7,12-15,18H2,1H3,(H,31,32). The molecule has 1 aliphatic carbocycles.